The number of hydrogen-bond acceptors (Lipinski definition) is 3. The minimum atomic E-state index is -1.24. The molecule has 0 radical (unpaired) electrons. The van der Waals surface area contributed by atoms with Gasteiger partial charge in [-0.05, 0) is 48.8 Å². The van der Waals surface area contributed by atoms with E-state index in [4.69, 9.17) is 0 Å². The number of nitrogens with zero attached hydrogens (tertiary/aromatic N) is 2. The van der Waals surface area contributed by atoms with Crippen LogP contribution in [0.2, 0.25) is 0 Å². The second-order valence-electron chi connectivity index (χ2n) is 3.97. The maximum atomic E-state index is 11.6. The molecule has 5 heteroatoms. The lowest BCUT2D eigenvalue weighted by molar-refractivity contribution is 0.562. The summed E-state index contributed by atoms with van der Waals surface area (Å²) in [7, 11) is 0. The first kappa shape index (κ1) is 12.7. The predicted molar refractivity (Wildman–Crippen MR) is 67.4 cm³/mol. The van der Waals surface area contributed by atoms with Gasteiger partial charge in [0.05, 0.1) is 5.69 Å². The quantitative estimate of drug-likeness (QED) is 0.621. The molecule has 82 valence electrons. The third kappa shape index (κ3) is 3.93. The van der Waals surface area contributed by atoms with Gasteiger partial charge in [-0.1, -0.05) is 4.40 Å². The van der Waals surface area contributed by atoms with Crippen LogP contribution in [-0.4, -0.2) is 20.5 Å². The Bertz CT molecular complexity index is 363. The summed E-state index contributed by atoms with van der Waals surface area (Å²) in [5.74, 6) is 0. The SMILES string of the molecule is CC(C)(C)[S@@+]([O-])N=Cc1ncccc1Br. The van der Waals surface area contributed by atoms with Crippen LogP contribution in [0.5, 0.6) is 0 Å². The number of rotatable bonds is 2. The fourth-order valence-corrected chi connectivity index (χ4v) is 1.62. The van der Waals surface area contributed by atoms with Crippen LogP contribution in [0.25, 0.3) is 0 Å². The van der Waals surface area contributed by atoms with E-state index in [1.54, 1.807) is 6.20 Å². The zero-order chi connectivity index (χ0) is 11.5. The van der Waals surface area contributed by atoms with Gasteiger partial charge in [0.15, 0.2) is 0 Å². The average molecular weight is 289 g/mol. The van der Waals surface area contributed by atoms with Crippen LogP contribution in [0.1, 0.15) is 26.5 Å². The largest absolute Gasteiger partial charge is 0.591 e. The van der Waals surface area contributed by atoms with Crippen molar-refractivity contribution in [3.63, 3.8) is 0 Å². The van der Waals surface area contributed by atoms with Gasteiger partial charge in [0.25, 0.3) is 0 Å². The van der Waals surface area contributed by atoms with Crippen molar-refractivity contribution >= 4 is 33.5 Å². The smallest absolute Gasteiger partial charge is 0.144 e. The predicted octanol–water partition coefficient (Wildman–Crippen LogP) is 2.73. The molecule has 0 aromatic carbocycles. The van der Waals surface area contributed by atoms with Crippen molar-refractivity contribution < 1.29 is 4.55 Å². The molecule has 0 N–H and O–H groups in total. The Hall–Kier alpha value is -0.390. The highest BCUT2D eigenvalue weighted by molar-refractivity contribution is 9.10. The average Bonchev–Trinajstić information content (AvgIpc) is 2.14. The summed E-state index contributed by atoms with van der Waals surface area (Å²) in [4.78, 5) is 4.10. The van der Waals surface area contributed by atoms with Gasteiger partial charge in [-0.25, -0.2) is 0 Å². The van der Waals surface area contributed by atoms with Gasteiger partial charge in [0.1, 0.15) is 22.3 Å². The topological polar surface area (TPSA) is 48.3 Å². The molecule has 0 amide bonds. The molecule has 1 heterocycles. The van der Waals surface area contributed by atoms with Crippen molar-refractivity contribution in [3.05, 3.63) is 28.5 Å². The van der Waals surface area contributed by atoms with Crippen LogP contribution >= 0.6 is 15.9 Å². The van der Waals surface area contributed by atoms with Crippen molar-refractivity contribution in [2.45, 2.75) is 25.5 Å². The first-order valence-electron chi connectivity index (χ1n) is 4.48. The maximum absolute atomic E-state index is 11.6. The van der Waals surface area contributed by atoms with E-state index >= 15 is 0 Å². The molecule has 1 aromatic heterocycles. The maximum Gasteiger partial charge on any atom is 0.144 e. The zero-order valence-corrected chi connectivity index (χ0v) is 11.3. The Labute approximate surface area is 101 Å². The third-order valence-electron chi connectivity index (χ3n) is 1.58. The second kappa shape index (κ2) is 5.09. The van der Waals surface area contributed by atoms with E-state index in [0.717, 1.165) is 4.47 Å². The Morgan fingerprint density at radius 2 is 2.20 bits per heavy atom. The van der Waals surface area contributed by atoms with Crippen LogP contribution in [0.3, 0.4) is 0 Å². The Morgan fingerprint density at radius 3 is 2.73 bits per heavy atom. The molecule has 0 aliphatic rings. The lowest BCUT2D eigenvalue weighted by atomic mass is 10.3. The fraction of sp³-hybridized carbons (Fsp3) is 0.400. The van der Waals surface area contributed by atoms with Crippen LogP contribution in [0.4, 0.5) is 0 Å². The highest BCUT2D eigenvalue weighted by Crippen LogP contribution is 2.17. The van der Waals surface area contributed by atoms with Gasteiger partial charge in [0.2, 0.25) is 0 Å². The van der Waals surface area contributed by atoms with Crippen LogP contribution in [-0.2, 0) is 11.4 Å². The number of pyridine rings is 1. The van der Waals surface area contributed by atoms with E-state index in [0.29, 0.717) is 5.69 Å². The minimum absolute atomic E-state index is 0.336. The highest BCUT2D eigenvalue weighted by atomic mass is 79.9. The normalized spacial score (nSPS) is 14.5. The molecular weight excluding hydrogens is 276 g/mol. The summed E-state index contributed by atoms with van der Waals surface area (Å²) in [6.07, 6.45) is 3.21. The van der Waals surface area contributed by atoms with Crippen LogP contribution in [0, 0.1) is 0 Å². The second-order valence-corrected chi connectivity index (χ2v) is 6.75. The van der Waals surface area contributed by atoms with Gasteiger partial charge in [0, 0.05) is 10.7 Å². The molecule has 0 saturated heterocycles. The Morgan fingerprint density at radius 1 is 1.53 bits per heavy atom. The monoisotopic (exact) mass is 288 g/mol. The third-order valence-corrected chi connectivity index (χ3v) is 3.60. The van der Waals surface area contributed by atoms with E-state index in [2.05, 4.69) is 25.3 Å². The Kier molecular flexibility index (Phi) is 4.31. The van der Waals surface area contributed by atoms with Gasteiger partial charge in [-0.15, -0.1) is 0 Å². The summed E-state index contributed by atoms with van der Waals surface area (Å²) in [6.45, 7) is 5.65. The van der Waals surface area contributed by atoms with E-state index in [-0.39, 0.29) is 4.75 Å². The molecule has 1 aromatic rings. The molecule has 0 aliphatic carbocycles. The molecule has 0 saturated carbocycles. The molecule has 15 heavy (non-hydrogen) atoms. The minimum Gasteiger partial charge on any atom is -0.591 e. The van der Waals surface area contributed by atoms with Crippen molar-refractivity contribution in [2.24, 2.45) is 4.40 Å². The summed E-state index contributed by atoms with van der Waals surface area (Å²) < 4.78 is 16.1. The molecule has 3 nitrogen and oxygen atoms in total. The van der Waals surface area contributed by atoms with Crippen molar-refractivity contribution in [1.82, 2.24) is 4.98 Å². The van der Waals surface area contributed by atoms with Gasteiger partial charge in [-0.2, -0.15) is 0 Å². The zero-order valence-electron chi connectivity index (χ0n) is 8.90. The van der Waals surface area contributed by atoms with E-state index in [1.807, 2.05) is 32.9 Å². The molecule has 1 atom stereocenters. The van der Waals surface area contributed by atoms with E-state index in [1.165, 1.54) is 6.21 Å². The molecule has 0 unspecified atom stereocenters. The fourth-order valence-electron chi connectivity index (χ4n) is 0.749. The number of aromatic nitrogens is 1. The molecule has 0 fully saturated rings. The Balaban J connectivity index is 2.79. The summed E-state index contributed by atoms with van der Waals surface area (Å²) in [5, 5.41) is 0. The van der Waals surface area contributed by atoms with E-state index in [9.17, 15) is 4.55 Å². The lowest BCUT2D eigenvalue weighted by Gasteiger charge is -2.17. The summed E-state index contributed by atoms with van der Waals surface area (Å²) in [6, 6.07) is 3.69. The van der Waals surface area contributed by atoms with Crippen molar-refractivity contribution in [2.75, 3.05) is 0 Å². The van der Waals surface area contributed by atoms with Gasteiger partial charge >= 0.3 is 0 Å². The molecule has 1 rings (SSSR count). The highest BCUT2D eigenvalue weighted by Gasteiger charge is 2.25. The first-order chi connectivity index (χ1) is 6.91. The van der Waals surface area contributed by atoms with Crippen LogP contribution < -0.4 is 0 Å². The summed E-state index contributed by atoms with van der Waals surface area (Å²) >= 11 is 2.11. The first-order valence-corrected chi connectivity index (χ1v) is 6.38. The van der Waals surface area contributed by atoms with Crippen molar-refractivity contribution in [3.8, 4) is 0 Å². The molecule has 0 spiro atoms. The standard InChI is InChI=1S/C10H13BrN2OS/c1-10(2,3)15(14)13-7-9-8(11)5-4-6-12-9/h4-7H,1-3H3/t15-/m1/s1. The van der Waals surface area contributed by atoms with Gasteiger partial charge in [-0.3, -0.25) is 4.98 Å². The van der Waals surface area contributed by atoms with Gasteiger partial charge < -0.3 is 4.55 Å². The summed E-state index contributed by atoms with van der Waals surface area (Å²) in [5.41, 5.74) is 0.690. The number of halogens is 1. The van der Waals surface area contributed by atoms with Crippen LogP contribution in [0.15, 0.2) is 27.2 Å². The van der Waals surface area contributed by atoms with Crippen molar-refractivity contribution in [1.29, 1.82) is 0 Å². The van der Waals surface area contributed by atoms with E-state index < -0.39 is 11.4 Å². The molecule has 0 bridgehead atoms. The number of hydrogen-bond donors (Lipinski definition) is 0. The molecular formula is C10H13BrN2OS. The molecule has 0 aliphatic heterocycles. The lowest BCUT2D eigenvalue weighted by Crippen LogP contribution is -2.25.